The number of carbonyl (C=O) groups excluding carboxylic acids is 2. The number of allylic oxidation sites excluding steroid dienone is 6. The van der Waals surface area contributed by atoms with Crippen molar-refractivity contribution in [1.29, 1.82) is 0 Å². The lowest BCUT2D eigenvalue weighted by Gasteiger charge is -2.26. The van der Waals surface area contributed by atoms with Crippen LogP contribution in [0.4, 0.5) is 42.9 Å². The van der Waals surface area contributed by atoms with Crippen LogP contribution in [-0.4, -0.2) is 67.7 Å². The van der Waals surface area contributed by atoms with Crippen molar-refractivity contribution in [3.05, 3.63) is 248 Å². The molecule has 25 heteroatoms. The van der Waals surface area contributed by atoms with Gasteiger partial charge in [-0.05, 0) is 217 Å². The predicted molar refractivity (Wildman–Crippen MR) is 396 cm³/mol. The average Bonchev–Trinajstić information content (AvgIpc) is 1.53. The maximum atomic E-state index is 13.0. The number of alkyl halides is 3. The highest BCUT2D eigenvalue weighted by Crippen LogP contribution is 2.73. The molecule has 2 heterocycles. The number of nitrogens with one attached hydrogen (secondary N) is 1. The molecule has 1 amide bonds. The molecule has 7 fully saturated rings. The number of nitrogens with zero attached hydrogens (tertiary/aromatic N) is 7. The molecule has 13 aliphatic carbocycles. The summed E-state index contributed by atoms with van der Waals surface area (Å²) in [4.78, 5) is 54.2. The molecule has 21 nitrogen and oxygen atoms in total. The van der Waals surface area contributed by atoms with Gasteiger partial charge in [-0.15, -0.1) is 11.6 Å². The summed E-state index contributed by atoms with van der Waals surface area (Å²) >= 11 is 10.2. The number of nitrogen functional groups attached to an aromatic ring is 3. The van der Waals surface area contributed by atoms with Gasteiger partial charge in [0, 0.05) is 108 Å². The SMILES string of the molecule is C=C(O)c1c(N)cccc1[N+](=O)[O-].CCCl.Cc1nn(C)cc1C(=O)Cl.Cn1cc(C(=O)NC2=C3C(=CCC2)C2CCC3C2)c(C(F)F)n1.Nc1cccc2c1C1CC2C2CC12.Nc1cccc2c1C1CCC2C1O.O=[N+]([O-])c1cccc2c1C1C=CC2C1.O=[N+]([O-])c1cccc2c1C1CC2C2CC12. The molecule has 104 heavy (non-hydrogen) atoms. The topological polar surface area (TPSA) is 330 Å². The number of hydrogen-bond acceptors (Lipinski definition) is 15. The van der Waals surface area contributed by atoms with Crippen LogP contribution in [0.1, 0.15) is 220 Å². The molecule has 544 valence electrons. The van der Waals surface area contributed by atoms with E-state index in [0.29, 0.717) is 64.1 Å². The number of carbonyl (C=O) groups is 2. The minimum absolute atomic E-state index is 0.0208. The summed E-state index contributed by atoms with van der Waals surface area (Å²) in [5, 5.41) is 61.3. The van der Waals surface area contributed by atoms with E-state index in [1.165, 1.54) is 107 Å². The monoisotopic (exact) mass is 1460 g/mol. The van der Waals surface area contributed by atoms with Gasteiger partial charge in [-0.3, -0.25) is 49.3 Å². The van der Waals surface area contributed by atoms with Gasteiger partial charge in [0.25, 0.3) is 34.6 Å². The van der Waals surface area contributed by atoms with Crippen molar-refractivity contribution >= 4 is 74.2 Å². The first-order chi connectivity index (χ1) is 49.8. The number of anilines is 3. The first-order valence-corrected chi connectivity index (χ1v) is 36.6. The van der Waals surface area contributed by atoms with Crippen molar-refractivity contribution in [1.82, 2.24) is 24.9 Å². The Morgan fingerprint density at radius 3 is 1.68 bits per heavy atom. The van der Waals surface area contributed by atoms with Crippen molar-refractivity contribution in [3.8, 4) is 0 Å². The zero-order chi connectivity index (χ0) is 74.0. The van der Waals surface area contributed by atoms with E-state index in [1.54, 1.807) is 55.7 Å². The fourth-order valence-electron chi connectivity index (χ4n) is 19.5. The van der Waals surface area contributed by atoms with Gasteiger partial charge in [0.1, 0.15) is 17.0 Å². The van der Waals surface area contributed by atoms with Crippen molar-refractivity contribution in [3.63, 3.8) is 0 Å². The van der Waals surface area contributed by atoms with Crippen LogP contribution in [0.2, 0.25) is 0 Å². The third-order valence-corrected chi connectivity index (χ3v) is 23.9. The summed E-state index contributed by atoms with van der Waals surface area (Å²) in [6.07, 6.45) is 20.5. The molecule has 10 bridgehead atoms. The molecule has 9 N–H and O–H groups in total. The van der Waals surface area contributed by atoms with Gasteiger partial charge in [0.15, 0.2) is 0 Å². The molecule has 20 rings (SSSR count). The van der Waals surface area contributed by atoms with E-state index in [-0.39, 0.29) is 44.4 Å². The number of hydrogen-bond donors (Lipinski definition) is 6. The van der Waals surface area contributed by atoms with Crippen LogP contribution < -0.4 is 22.5 Å². The molecule has 7 aromatic rings. The molecular formula is C79H85Cl2F2N11O10. The minimum Gasteiger partial charge on any atom is -0.508 e. The van der Waals surface area contributed by atoms with E-state index in [1.807, 2.05) is 31.2 Å². The van der Waals surface area contributed by atoms with Gasteiger partial charge in [-0.25, -0.2) is 8.78 Å². The Morgan fingerprint density at radius 2 is 1.12 bits per heavy atom. The lowest BCUT2D eigenvalue weighted by atomic mass is 9.83. The van der Waals surface area contributed by atoms with Gasteiger partial charge in [0.05, 0.1) is 37.7 Å². The lowest BCUT2D eigenvalue weighted by molar-refractivity contribution is -0.385. The standard InChI is InChI=1S/C17H19F2N3O.C12H11NO2.C12H13N.C11H9NO2.C11H13NO.C8H8N2O3.C6H7ClN2O.C2H5Cl/c1-22-8-12(15(21-22)16(18)19)17(23)20-13-4-2-3-11-9-5-6-10(7-9)14(11)13;14-13(15)11-3-1-2-6-7-5-10(12(6)11)9-4-8(7)9;13-11-3-1-2-6-7-5-10(12(6)11)9-4-8(7)9;13-12(14)10-3-1-2-9-7-4-5-8(6-7)11(9)10;12-9-3-1-2-6-7-4-5-8(10(6)9)11(7)13;1-5(11)8-6(9)3-2-4-7(8)10(12)13;1-4-5(6(7)10)3-9(2)8-4;1-2-3/h3,8-10,16H,2,4-7H2,1H3,(H,20,23);1-3,7-10H,4-5H2;1-3,7-10H,4-5,13H2;1-5,7-8H,6H2;1-3,7-8,11,13H,4-5,12H2;2-4,11H,1,9H2;3H,1-2H3;2H2,1H3. The number of aryl methyl sites for hydroxylation is 3. The zero-order valence-corrected chi connectivity index (χ0v) is 59.7. The molecule has 7 saturated carbocycles. The van der Waals surface area contributed by atoms with Crippen LogP contribution in [-0.2, 0) is 14.1 Å². The summed E-state index contributed by atoms with van der Waals surface area (Å²) < 4.78 is 28.9. The Labute approximate surface area is 610 Å². The Bertz CT molecular complexity index is 4650. The molecule has 0 radical (unpaired) electrons. The molecule has 13 aliphatic rings. The number of benzene rings is 5. The van der Waals surface area contributed by atoms with Gasteiger partial charge in [0.2, 0.25) is 0 Å². The van der Waals surface area contributed by atoms with Gasteiger partial charge in [-0.2, -0.15) is 10.2 Å². The van der Waals surface area contributed by atoms with E-state index in [4.69, 9.17) is 45.5 Å². The van der Waals surface area contributed by atoms with E-state index in [2.05, 4.69) is 70.7 Å². The maximum Gasteiger partial charge on any atom is 0.282 e. The summed E-state index contributed by atoms with van der Waals surface area (Å²) in [6.45, 7) is 6.84. The largest absolute Gasteiger partial charge is 0.508 e. The smallest absolute Gasteiger partial charge is 0.282 e. The number of nitro groups is 3. The third-order valence-electron chi connectivity index (χ3n) is 23.7. The second-order valence-corrected chi connectivity index (χ2v) is 30.2. The molecule has 15 atom stereocenters. The van der Waals surface area contributed by atoms with Crippen molar-refractivity contribution in [2.24, 2.45) is 49.6 Å². The highest BCUT2D eigenvalue weighted by atomic mass is 35.5. The van der Waals surface area contributed by atoms with Crippen LogP contribution in [0.25, 0.3) is 5.76 Å². The molecule has 15 unspecified atom stereocenters. The molecule has 0 saturated heterocycles. The Hall–Kier alpha value is -9.58. The molecule has 0 aliphatic heterocycles. The molecular weight excluding hydrogens is 1370 g/mol. The summed E-state index contributed by atoms with van der Waals surface area (Å²) in [6, 6.07) is 27.7. The van der Waals surface area contributed by atoms with E-state index >= 15 is 0 Å². The van der Waals surface area contributed by atoms with E-state index < -0.39 is 34.0 Å². The number of aromatic nitrogens is 4. The number of nitrogens with two attached hydrogens (primary N) is 3. The van der Waals surface area contributed by atoms with Crippen molar-refractivity contribution in [2.75, 3.05) is 23.1 Å². The highest BCUT2D eigenvalue weighted by molar-refractivity contribution is 6.67. The number of halogens is 4. The fourth-order valence-corrected chi connectivity index (χ4v) is 19.7. The van der Waals surface area contributed by atoms with Gasteiger partial charge >= 0.3 is 0 Å². The van der Waals surface area contributed by atoms with Crippen LogP contribution >= 0.6 is 23.2 Å². The zero-order valence-electron chi connectivity index (χ0n) is 58.2. The van der Waals surface area contributed by atoms with E-state index in [9.17, 15) is 53.8 Å². The second kappa shape index (κ2) is 29.5. The number of fused-ring (bicyclic) bond motifs is 31. The van der Waals surface area contributed by atoms with Crippen molar-refractivity contribution in [2.45, 2.75) is 151 Å². The third kappa shape index (κ3) is 13.7. The predicted octanol–water partition coefficient (Wildman–Crippen LogP) is 17.2. The Kier molecular flexibility index (Phi) is 20.7. The van der Waals surface area contributed by atoms with Gasteiger partial charge in [-0.1, -0.05) is 86.3 Å². The Morgan fingerprint density at radius 1 is 0.635 bits per heavy atom. The number of aliphatic hydroxyl groups excluding tert-OH is 2. The van der Waals surface area contributed by atoms with Crippen LogP contribution in [0.15, 0.2) is 145 Å². The number of nitro benzene ring substituents is 3. The van der Waals surface area contributed by atoms with Crippen LogP contribution in [0.5, 0.6) is 0 Å². The maximum absolute atomic E-state index is 13.0. The second-order valence-electron chi connectivity index (χ2n) is 29.4. The molecule has 0 spiro atoms. The summed E-state index contributed by atoms with van der Waals surface area (Å²) in [5.74, 6) is 9.00. The molecule has 2 aromatic heterocycles. The quantitative estimate of drug-likeness (QED) is 0.0157. The first-order valence-electron chi connectivity index (χ1n) is 35.7. The van der Waals surface area contributed by atoms with Crippen LogP contribution in [0.3, 0.4) is 0 Å². The summed E-state index contributed by atoms with van der Waals surface area (Å²) in [7, 11) is 3.29. The number of rotatable bonds is 8. The first kappa shape index (κ1) is 72.8. The minimum atomic E-state index is -2.75. The molecule has 5 aromatic carbocycles. The average molecular weight is 1460 g/mol. The Balaban J connectivity index is 0.000000109. The van der Waals surface area contributed by atoms with Crippen LogP contribution in [0, 0.1) is 72.8 Å². The lowest BCUT2D eigenvalue weighted by Crippen LogP contribution is -2.27. The number of aliphatic hydroxyl groups is 2. The normalized spacial score (nSPS) is 26.9. The number of amides is 1. The van der Waals surface area contributed by atoms with Crippen molar-refractivity contribution < 1.29 is 43.4 Å². The van der Waals surface area contributed by atoms with Gasteiger partial charge < -0.3 is 32.7 Å². The fraction of sp³-hybridized carbons (Fsp3) is 0.418. The summed E-state index contributed by atoms with van der Waals surface area (Å²) in [5.41, 5.74) is 34.2. The van der Waals surface area contributed by atoms with E-state index in [0.717, 1.165) is 107 Å². The highest BCUT2D eigenvalue weighted by Gasteiger charge is 2.62.